The van der Waals surface area contributed by atoms with Gasteiger partial charge in [-0.15, -0.1) is 11.3 Å². The van der Waals surface area contributed by atoms with Crippen LogP contribution in [0, 0.1) is 6.92 Å². The Morgan fingerprint density at radius 2 is 2.06 bits per heavy atom. The van der Waals surface area contributed by atoms with Gasteiger partial charge in [-0.05, 0) is 49.2 Å². The van der Waals surface area contributed by atoms with E-state index < -0.39 is 6.04 Å². The number of aryl methyl sites for hydroxylation is 1. The summed E-state index contributed by atoms with van der Waals surface area (Å²) >= 11 is 4.78. The zero-order chi connectivity index (χ0) is 22.4. The van der Waals surface area contributed by atoms with E-state index in [4.69, 9.17) is 9.15 Å². The molecular weight excluding hydrogens is 492 g/mol. The van der Waals surface area contributed by atoms with Crippen LogP contribution < -0.4 is 15.1 Å². The molecule has 1 aliphatic heterocycles. The first-order valence-electron chi connectivity index (χ1n) is 10.2. The monoisotopic (exact) mass is 510 g/mol. The molecule has 6 nitrogen and oxygen atoms in total. The van der Waals surface area contributed by atoms with Gasteiger partial charge in [0.05, 0.1) is 29.3 Å². The molecule has 5 rings (SSSR count). The van der Waals surface area contributed by atoms with Gasteiger partial charge < -0.3 is 9.15 Å². The molecule has 0 radical (unpaired) electrons. The Morgan fingerprint density at radius 3 is 2.81 bits per heavy atom. The normalized spacial score (nSPS) is 15.4. The lowest BCUT2D eigenvalue weighted by molar-refractivity contribution is 0.0971. The minimum Gasteiger partial charge on any atom is -0.494 e. The largest absolute Gasteiger partial charge is 0.494 e. The molecule has 2 aromatic heterocycles. The van der Waals surface area contributed by atoms with Crippen molar-refractivity contribution >= 4 is 49.3 Å². The molecule has 1 aliphatic rings. The van der Waals surface area contributed by atoms with Crippen molar-refractivity contribution in [2.24, 2.45) is 0 Å². The highest BCUT2D eigenvalue weighted by atomic mass is 79.9. The summed E-state index contributed by atoms with van der Waals surface area (Å²) in [6.07, 6.45) is 0.879. The van der Waals surface area contributed by atoms with Crippen LogP contribution in [0.25, 0.3) is 11.0 Å². The highest BCUT2D eigenvalue weighted by Gasteiger charge is 2.45. The molecule has 1 amide bonds. The number of rotatable bonds is 5. The van der Waals surface area contributed by atoms with Gasteiger partial charge in [0.25, 0.3) is 5.91 Å². The van der Waals surface area contributed by atoms with Crippen LogP contribution in [-0.4, -0.2) is 17.5 Å². The van der Waals surface area contributed by atoms with Crippen LogP contribution in [0.4, 0.5) is 5.13 Å². The third-order valence-electron chi connectivity index (χ3n) is 5.29. The van der Waals surface area contributed by atoms with Crippen molar-refractivity contribution in [1.82, 2.24) is 4.98 Å². The minimum absolute atomic E-state index is 0.0579. The smallest absolute Gasteiger partial charge is 0.297 e. The molecule has 1 atom stereocenters. The number of carbonyl (C=O) groups excluding carboxylic acids is 1. The molecular formula is C24H19BrN2O4S. The van der Waals surface area contributed by atoms with Crippen molar-refractivity contribution < 1.29 is 13.9 Å². The van der Waals surface area contributed by atoms with E-state index in [2.05, 4.69) is 20.9 Å². The van der Waals surface area contributed by atoms with Crippen LogP contribution in [0.3, 0.4) is 0 Å². The number of benzene rings is 2. The maximum atomic E-state index is 13.6. The van der Waals surface area contributed by atoms with Gasteiger partial charge in [-0.1, -0.05) is 35.0 Å². The number of ether oxygens (including phenoxy) is 1. The number of halogens is 1. The molecule has 0 aliphatic carbocycles. The molecule has 162 valence electrons. The summed E-state index contributed by atoms with van der Waals surface area (Å²) in [5.74, 6) is 0.372. The lowest BCUT2D eigenvalue weighted by atomic mass is 9.98. The highest BCUT2D eigenvalue weighted by molar-refractivity contribution is 9.10. The first kappa shape index (κ1) is 20.9. The molecule has 0 saturated carbocycles. The van der Waals surface area contributed by atoms with Crippen molar-refractivity contribution in [3.63, 3.8) is 0 Å². The van der Waals surface area contributed by atoms with Gasteiger partial charge in [0, 0.05) is 9.85 Å². The van der Waals surface area contributed by atoms with Crippen molar-refractivity contribution in [2.75, 3.05) is 11.5 Å². The number of carbonyl (C=O) groups is 1. The molecule has 0 N–H and O–H groups in total. The standard InChI is InChI=1S/C24H19BrN2O4S/c1-3-9-30-16-6-4-5-14(10-16)20-19-21(28)17-11-15(25)7-8-18(17)31-22(19)23(29)27(20)24-26-13(2)12-32-24/h4-8,10-12,20H,3,9H2,1-2H3. The zero-order valence-electron chi connectivity index (χ0n) is 17.4. The van der Waals surface area contributed by atoms with Gasteiger partial charge in [0.2, 0.25) is 5.76 Å². The van der Waals surface area contributed by atoms with Gasteiger partial charge in [-0.25, -0.2) is 4.98 Å². The molecule has 0 spiro atoms. The van der Waals surface area contributed by atoms with Crippen LogP contribution in [0.1, 0.15) is 46.8 Å². The number of fused-ring (bicyclic) bond motifs is 2. The highest BCUT2D eigenvalue weighted by Crippen LogP contribution is 2.42. The van der Waals surface area contributed by atoms with Crippen molar-refractivity contribution in [2.45, 2.75) is 26.3 Å². The van der Waals surface area contributed by atoms with Crippen LogP contribution in [0.2, 0.25) is 0 Å². The lowest BCUT2D eigenvalue weighted by Gasteiger charge is -2.23. The second-order valence-corrected chi connectivity index (χ2v) is 9.34. The van der Waals surface area contributed by atoms with Gasteiger partial charge in [-0.2, -0.15) is 0 Å². The van der Waals surface area contributed by atoms with Gasteiger partial charge >= 0.3 is 0 Å². The number of thiazole rings is 1. The van der Waals surface area contributed by atoms with Crippen molar-refractivity contribution in [3.8, 4) is 5.75 Å². The predicted octanol–water partition coefficient (Wildman–Crippen LogP) is 5.86. The predicted molar refractivity (Wildman–Crippen MR) is 128 cm³/mol. The topological polar surface area (TPSA) is 72.6 Å². The summed E-state index contributed by atoms with van der Waals surface area (Å²) in [5.41, 5.74) is 2.04. The zero-order valence-corrected chi connectivity index (χ0v) is 19.8. The average Bonchev–Trinajstić information content (AvgIpc) is 3.34. The Balaban J connectivity index is 1.76. The number of anilines is 1. The minimum atomic E-state index is -0.659. The number of nitrogens with zero attached hydrogens (tertiary/aromatic N) is 2. The first-order chi connectivity index (χ1) is 15.5. The van der Waals surface area contributed by atoms with Gasteiger partial charge in [0.15, 0.2) is 10.6 Å². The Bertz CT molecular complexity index is 1410. The van der Waals surface area contributed by atoms with Gasteiger partial charge in [0.1, 0.15) is 11.3 Å². The van der Waals surface area contributed by atoms with Crippen LogP contribution >= 0.6 is 27.3 Å². The molecule has 8 heteroatoms. The maximum absolute atomic E-state index is 13.6. The summed E-state index contributed by atoms with van der Waals surface area (Å²) in [7, 11) is 0. The lowest BCUT2D eigenvalue weighted by Crippen LogP contribution is -2.29. The second-order valence-electron chi connectivity index (χ2n) is 7.58. The summed E-state index contributed by atoms with van der Waals surface area (Å²) in [4.78, 5) is 33.2. The fourth-order valence-corrected chi connectivity index (χ4v) is 5.09. The van der Waals surface area contributed by atoms with E-state index >= 15 is 0 Å². The van der Waals surface area contributed by atoms with Gasteiger partial charge in [-0.3, -0.25) is 14.5 Å². The fourth-order valence-electron chi connectivity index (χ4n) is 3.90. The molecule has 32 heavy (non-hydrogen) atoms. The van der Waals surface area contributed by atoms with E-state index in [1.165, 1.54) is 11.3 Å². The number of amides is 1. The Labute approximate surface area is 196 Å². The average molecular weight is 511 g/mol. The van der Waals surface area contributed by atoms with Crippen LogP contribution in [0.5, 0.6) is 5.75 Å². The van der Waals surface area contributed by atoms with E-state index in [1.54, 1.807) is 23.1 Å². The van der Waals surface area contributed by atoms with Crippen molar-refractivity contribution in [3.05, 3.63) is 85.1 Å². The number of aromatic nitrogens is 1. The Hall–Kier alpha value is -2.97. The number of hydrogen-bond donors (Lipinski definition) is 0. The van der Waals surface area contributed by atoms with Crippen molar-refractivity contribution in [1.29, 1.82) is 0 Å². The quantitative estimate of drug-likeness (QED) is 0.336. The second kappa shape index (κ2) is 8.18. The first-order valence-corrected chi connectivity index (χ1v) is 11.9. The summed E-state index contributed by atoms with van der Waals surface area (Å²) in [6.45, 7) is 4.49. The van der Waals surface area contributed by atoms with E-state index in [-0.39, 0.29) is 17.1 Å². The molecule has 1 unspecified atom stereocenters. The Morgan fingerprint density at radius 1 is 1.22 bits per heavy atom. The summed E-state index contributed by atoms with van der Waals surface area (Å²) in [6, 6.07) is 12.0. The maximum Gasteiger partial charge on any atom is 0.297 e. The number of hydrogen-bond acceptors (Lipinski definition) is 6. The van der Waals surface area contributed by atoms with E-state index in [9.17, 15) is 9.59 Å². The third kappa shape index (κ3) is 3.43. The molecule has 0 fully saturated rings. The van der Waals surface area contributed by atoms with Crippen LogP contribution in [-0.2, 0) is 0 Å². The molecule has 0 saturated heterocycles. The molecule has 4 aromatic rings. The summed E-state index contributed by atoms with van der Waals surface area (Å²) < 4.78 is 12.6. The summed E-state index contributed by atoms with van der Waals surface area (Å²) in [5, 5.41) is 2.83. The van der Waals surface area contributed by atoms with E-state index in [0.29, 0.717) is 34.0 Å². The van der Waals surface area contributed by atoms with E-state index in [0.717, 1.165) is 22.2 Å². The fraction of sp³-hybridized carbons (Fsp3) is 0.208. The third-order valence-corrected chi connectivity index (χ3v) is 6.74. The molecule has 0 bridgehead atoms. The molecule has 3 heterocycles. The van der Waals surface area contributed by atoms with Crippen LogP contribution in [0.15, 0.2) is 61.5 Å². The Kier molecular flexibility index (Phi) is 5.35. The SMILES string of the molecule is CCCOc1cccc(C2c3c(oc4ccc(Br)cc4c3=O)C(=O)N2c2nc(C)cs2)c1. The van der Waals surface area contributed by atoms with E-state index in [1.807, 2.05) is 43.5 Å². The molecule has 2 aromatic carbocycles.